The van der Waals surface area contributed by atoms with Crippen LogP contribution in [0.1, 0.15) is 23.5 Å². The Morgan fingerprint density at radius 2 is 1.71 bits per heavy atom. The topological polar surface area (TPSA) is 26.3 Å². The van der Waals surface area contributed by atoms with Gasteiger partial charge in [-0.05, 0) is 17.5 Å². The van der Waals surface area contributed by atoms with Crippen molar-refractivity contribution in [3.05, 3.63) is 77.9 Å². The molecule has 1 aliphatic rings. The lowest BCUT2D eigenvalue weighted by Crippen LogP contribution is -2.17. The highest BCUT2D eigenvalue weighted by Gasteiger charge is 2.59. The van der Waals surface area contributed by atoms with Crippen LogP contribution >= 0.6 is 0 Å². The van der Waals surface area contributed by atoms with E-state index in [9.17, 15) is 4.79 Å². The molecule has 1 aliphatic carbocycles. The predicted octanol–water partition coefficient (Wildman–Crippen LogP) is 4.05. The molecule has 0 amide bonds. The van der Waals surface area contributed by atoms with Crippen LogP contribution in [0.15, 0.2) is 66.7 Å². The van der Waals surface area contributed by atoms with Crippen molar-refractivity contribution in [1.82, 2.24) is 0 Å². The van der Waals surface area contributed by atoms with Crippen molar-refractivity contribution in [3.63, 3.8) is 0 Å². The summed E-state index contributed by atoms with van der Waals surface area (Å²) in [6.45, 7) is 0. The van der Waals surface area contributed by atoms with Crippen LogP contribution in [0.5, 0.6) is 0 Å². The van der Waals surface area contributed by atoms with E-state index in [0.29, 0.717) is 0 Å². The molecular weight excluding hydrogens is 260 g/mol. The van der Waals surface area contributed by atoms with Gasteiger partial charge in [-0.3, -0.25) is 4.79 Å². The molecule has 2 atom stereocenters. The third-order valence-electron chi connectivity index (χ3n) is 4.14. The Morgan fingerprint density at radius 3 is 2.33 bits per heavy atom. The predicted molar refractivity (Wildman–Crippen MR) is 83.7 cm³/mol. The van der Waals surface area contributed by atoms with Crippen LogP contribution in [0.3, 0.4) is 0 Å². The first kappa shape index (κ1) is 13.6. The van der Waals surface area contributed by atoms with Gasteiger partial charge in [0.2, 0.25) is 0 Å². The van der Waals surface area contributed by atoms with Gasteiger partial charge in [0.05, 0.1) is 12.5 Å². The Morgan fingerprint density at radius 1 is 1.10 bits per heavy atom. The van der Waals surface area contributed by atoms with Crippen molar-refractivity contribution in [1.29, 1.82) is 0 Å². The summed E-state index contributed by atoms with van der Waals surface area (Å²) in [6.07, 6.45) is 4.83. The molecule has 2 aromatic carbocycles. The number of esters is 1. The Balaban J connectivity index is 1.87. The van der Waals surface area contributed by atoms with Crippen molar-refractivity contribution < 1.29 is 9.53 Å². The molecule has 0 heterocycles. The highest BCUT2D eigenvalue weighted by atomic mass is 16.5. The molecular formula is C19H18O2. The summed E-state index contributed by atoms with van der Waals surface area (Å²) in [7, 11) is 1.46. The maximum absolute atomic E-state index is 12.2. The fourth-order valence-electron chi connectivity index (χ4n) is 2.86. The molecule has 0 aromatic heterocycles. The summed E-state index contributed by atoms with van der Waals surface area (Å²) < 4.78 is 5.03. The summed E-state index contributed by atoms with van der Waals surface area (Å²) in [6, 6.07) is 20.2. The van der Waals surface area contributed by atoms with Crippen LogP contribution in [0.4, 0.5) is 0 Å². The summed E-state index contributed by atoms with van der Waals surface area (Å²) >= 11 is 0. The van der Waals surface area contributed by atoms with Gasteiger partial charge in [0.25, 0.3) is 0 Å². The minimum Gasteiger partial charge on any atom is -0.468 e. The zero-order valence-corrected chi connectivity index (χ0v) is 12.0. The van der Waals surface area contributed by atoms with E-state index in [1.165, 1.54) is 12.7 Å². The average Bonchev–Trinajstić information content (AvgIpc) is 3.30. The van der Waals surface area contributed by atoms with Crippen LogP contribution < -0.4 is 0 Å². The number of carbonyl (C=O) groups is 1. The Hall–Kier alpha value is -2.35. The third-order valence-corrected chi connectivity index (χ3v) is 4.14. The maximum atomic E-state index is 12.2. The van der Waals surface area contributed by atoms with E-state index in [1.54, 1.807) is 0 Å². The van der Waals surface area contributed by atoms with Gasteiger partial charge in [-0.25, -0.2) is 0 Å². The highest BCUT2D eigenvalue weighted by Crippen LogP contribution is 2.61. The van der Waals surface area contributed by atoms with E-state index >= 15 is 0 Å². The van der Waals surface area contributed by atoms with Crippen LogP contribution in [-0.4, -0.2) is 13.1 Å². The molecule has 3 rings (SSSR count). The zero-order chi connectivity index (χ0) is 14.7. The Kier molecular flexibility index (Phi) is 3.61. The van der Waals surface area contributed by atoms with E-state index < -0.39 is 5.41 Å². The van der Waals surface area contributed by atoms with Gasteiger partial charge < -0.3 is 4.74 Å². The first-order valence-corrected chi connectivity index (χ1v) is 7.14. The molecule has 2 aromatic rings. The van der Waals surface area contributed by atoms with E-state index in [2.05, 4.69) is 12.1 Å². The van der Waals surface area contributed by atoms with Crippen LogP contribution in [0.2, 0.25) is 0 Å². The first-order chi connectivity index (χ1) is 10.3. The summed E-state index contributed by atoms with van der Waals surface area (Å²) in [5.41, 5.74) is 1.78. The Labute approximate surface area is 125 Å². The quantitative estimate of drug-likeness (QED) is 0.789. The minimum absolute atomic E-state index is 0.150. The van der Waals surface area contributed by atoms with Gasteiger partial charge in [0.15, 0.2) is 0 Å². The molecule has 0 unspecified atom stereocenters. The standard InChI is InChI=1S/C19H18O2/c1-21-18(20)19(13-12-15-8-4-2-5-9-15)14-17(19)16-10-6-3-7-11-16/h2-13,17H,14H2,1H3/b13-12+/t17-,19-/m1/s1. The Bertz CT molecular complexity index is 646. The van der Waals surface area contributed by atoms with Gasteiger partial charge in [-0.1, -0.05) is 72.8 Å². The fourth-order valence-corrected chi connectivity index (χ4v) is 2.86. The van der Waals surface area contributed by atoms with Gasteiger partial charge in [0.1, 0.15) is 0 Å². The highest BCUT2D eigenvalue weighted by molar-refractivity contribution is 5.86. The molecule has 2 nitrogen and oxygen atoms in total. The monoisotopic (exact) mass is 278 g/mol. The summed E-state index contributed by atoms with van der Waals surface area (Å²) in [5, 5.41) is 0. The van der Waals surface area contributed by atoms with Crippen molar-refractivity contribution in [2.24, 2.45) is 5.41 Å². The number of methoxy groups -OCH3 is 1. The number of carbonyl (C=O) groups excluding carboxylic acids is 1. The molecule has 1 saturated carbocycles. The molecule has 0 N–H and O–H groups in total. The number of hydrogen-bond donors (Lipinski definition) is 0. The van der Waals surface area contributed by atoms with Crippen molar-refractivity contribution >= 4 is 12.0 Å². The minimum atomic E-state index is -0.508. The molecule has 2 heteroatoms. The van der Waals surface area contributed by atoms with Gasteiger partial charge in [-0.2, -0.15) is 0 Å². The lowest BCUT2D eigenvalue weighted by atomic mass is 9.97. The second-order valence-corrected chi connectivity index (χ2v) is 5.44. The molecule has 0 bridgehead atoms. The van der Waals surface area contributed by atoms with E-state index in [0.717, 1.165) is 12.0 Å². The van der Waals surface area contributed by atoms with Crippen LogP contribution in [0.25, 0.3) is 6.08 Å². The number of rotatable bonds is 4. The van der Waals surface area contributed by atoms with Gasteiger partial charge in [0, 0.05) is 5.92 Å². The molecule has 0 radical (unpaired) electrons. The normalized spacial score (nSPS) is 24.0. The molecule has 0 spiro atoms. The molecule has 0 saturated heterocycles. The van der Waals surface area contributed by atoms with Crippen molar-refractivity contribution in [3.8, 4) is 0 Å². The van der Waals surface area contributed by atoms with Crippen molar-refractivity contribution in [2.75, 3.05) is 7.11 Å². The van der Waals surface area contributed by atoms with E-state index in [4.69, 9.17) is 4.74 Å². The molecule has 21 heavy (non-hydrogen) atoms. The summed E-state index contributed by atoms with van der Waals surface area (Å²) in [4.78, 5) is 12.2. The number of ether oxygens (including phenoxy) is 1. The van der Waals surface area contributed by atoms with Gasteiger partial charge >= 0.3 is 5.97 Å². The lowest BCUT2D eigenvalue weighted by Gasteiger charge is -2.10. The molecule has 0 aliphatic heterocycles. The lowest BCUT2D eigenvalue weighted by molar-refractivity contribution is -0.145. The van der Waals surface area contributed by atoms with Crippen LogP contribution in [0, 0.1) is 5.41 Å². The molecule has 1 fully saturated rings. The van der Waals surface area contributed by atoms with Crippen molar-refractivity contribution in [2.45, 2.75) is 12.3 Å². The van der Waals surface area contributed by atoms with E-state index in [1.807, 2.05) is 60.7 Å². The third kappa shape index (κ3) is 2.62. The van der Waals surface area contributed by atoms with Crippen LogP contribution in [-0.2, 0) is 9.53 Å². The zero-order valence-electron chi connectivity index (χ0n) is 12.0. The average molecular weight is 278 g/mol. The second-order valence-electron chi connectivity index (χ2n) is 5.44. The SMILES string of the molecule is COC(=O)[C@]1(/C=C/c2ccccc2)C[C@@H]1c1ccccc1. The molecule has 106 valence electrons. The van der Waals surface area contributed by atoms with E-state index in [-0.39, 0.29) is 11.9 Å². The first-order valence-electron chi connectivity index (χ1n) is 7.14. The van der Waals surface area contributed by atoms with Gasteiger partial charge in [-0.15, -0.1) is 0 Å². The largest absolute Gasteiger partial charge is 0.468 e. The number of hydrogen-bond acceptors (Lipinski definition) is 2. The number of benzene rings is 2. The maximum Gasteiger partial charge on any atom is 0.316 e. The summed E-state index contributed by atoms with van der Waals surface area (Å²) in [5.74, 6) is 0.0645. The second kappa shape index (κ2) is 5.57. The smallest absolute Gasteiger partial charge is 0.316 e. The fraction of sp³-hybridized carbons (Fsp3) is 0.211.